The van der Waals surface area contributed by atoms with Crippen molar-refractivity contribution in [2.75, 3.05) is 46.2 Å². The Hall–Kier alpha value is 0.230. The zero-order valence-electron chi connectivity index (χ0n) is 9.45. The second-order valence-corrected chi connectivity index (χ2v) is 4.70. The number of hydrogen-bond acceptors (Lipinski definition) is 4. The third-order valence-electron chi connectivity index (χ3n) is 2.89. The van der Waals surface area contributed by atoms with Crippen LogP contribution < -0.4 is 5.32 Å². The van der Waals surface area contributed by atoms with E-state index in [2.05, 4.69) is 23.4 Å². The molecule has 0 amide bonds. The molecule has 1 fully saturated rings. The normalized spacial score (nSPS) is 27.4. The lowest BCUT2D eigenvalue weighted by molar-refractivity contribution is 0.130. The van der Waals surface area contributed by atoms with Gasteiger partial charge in [-0.3, -0.25) is 4.90 Å². The number of ether oxygens (including phenoxy) is 1. The third-order valence-corrected chi connectivity index (χ3v) is 3.98. The molecule has 1 heterocycles. The van der Waals surface area contributed by atoms with E-state index in [0.29, 0.717) is 6.04 Å². The molecule has 14 heavy (non-hydrogen) atoms. The van der Waals surface area contributed by atoms with Gasteiger partial charge in [-0.1, -0.05) is 6.92 Å². The van der Waals surface area contributed by atoms with Crippen LogP contribution in [0.1, 0.15) is 6.92 Å². The molecule has 0 aliphatic carbocycles. The highest BCUT2D eigenvalue weighted by molar-refractivity contribution is 7.99. The van der Waals surface area contributed by atoms with Crippen LogP contribution in [-0.2, 0) is 4.74 Å². The molecular formula is C10H22N2OS. The van der Waals surface area contributed by atoms with Gasteiger partial charge in [0, 0.05) is 38.0 Å². The summed E-state index contributed by atoms with van der Waals surface area (Å²) in [5.41, 5.74) is 0. The maximum absolute atomic E-state index is 5.13. The minimum atomic E-state index is 0.685. The van der Waals surface area contributed by atoms with Crippen LogP contribution in [0.4, 0.5) is 0 Å². The smallest absolute Gasteiger partial charge is 0.0589 e. The van der Waals surface area contributed by atoms with Crippen LogP contribution in [0.5, 0.6) is 0 Å². The molecule has 0 spiro atoms. The quantitative estimate of drug-likeness (QED) is 0.708. The number of nitrogens with one attached hydrogen (secondary N) is 1. The van der Waals surface area contributed by atoms with Crippen LogP contribution in [0.2, 0.25) is 0 Å². The van der Waals surface area contributed by atoms with Crippen LogP contribution in [0.3, 0.4) is 0 Å². The fourth-order valence-electron chi connectivity index (χ4n) is 2.01. The molecule has 0 bridgehead atoms. The Balaban J connectivity index is 2.41. The van der Waals surface area contributed by atoms with Gasteiger partial charge in [-0.2, -0.15) is 11.8 Å². The first kappa shape index (κ1) is 12.3. The van der Waals surface area contributed by atoms with Gasteiger partial charge < -0.3 is 10.1 Å². The summed E-state index contributed by atoms with van der Waals surface area (Å²) in [4.78, 5) is 2.52. The highest BCUT2D eigenvalue weighted by Crippen LogP contribution is 2.19. The van der Waals surface area contributed by atoms with Gasteiger partial charge in [0.15, 0.2) is 0 Å². The zero-order valence-corrected chi connectivity index (χ0v) is 10.3. The Morgan fingerprint density at radius 1 is 1.50 bits per heavy atom. The molecule has 1 saturated heterocycles. The van der Waals surface area contributed by atoms with Gasteiger partial charge in [-0.05, 0) is 12.8 Å². The Labute approximate surface area is 91.6 Å². The molecule has 84 valence electrons. The van der Waals surface area contributed by atoms with Gasteiger partial charge in [-0.15, -0.1) is 0 Å². The second-order valence-electron chi connectivity index (χ2n) is 3.62. The summed E-state index contributed by atoms with van der Waals surface area (Å²) < 4.78 is 5.13. The number of thioether (sulfide) groups is 1. The second kappa shape index (κ2) is 6.67. The Morgan fingerprint density at radius 2 is 2.29 bits per heavy atom. The van der Waals surface area contributed by atoms with Gasteiger partial charge in [0.05, 0.1) is 6.61 Å². The summed E-state index contributed by atoms with van der Waals surface area (Å²) in [7, 11) is 1.77. The predicted molar refractivity (Wildman–Crippen MR) is 63.1 cm³/mol. The summed E-state index contributed by atoms with van der Waals surface area (Å²) in [5.74, 6) is 0. The Bertz CT molecular complexity index is 157. The van der Waals surface area contributed by atoms with Crippen molar-refractivity contribution in [1.29, 1.82) is 0 Å². The highest BCUT2D eigenvalue weighted by atomic mass is 32.2. The van der Waals surface area contributed by atoms with Crippen molar-refractivity contribution in [3.05, 3.63) is 0 Å². The maximum atomic E-state index is 5.13. The van der Waals surface area contributed by atoms with Crippen LogP contribution in [0.15, 0.2) is 0 Å². The largest absolute Gasteiger partial charge is 0.383 e. The van der Waals surface area contributed by atoms with Gasteiger partial charge in [0.25, 0.3) is 0 Å². The summed E-state index contributed by atoms with van der Waals surface area (Å²) in [6.07, 6.45) is 2.20. The SMILES string of the molecule is CCN(CCOC)C1CNCC1SC. The van der Waals surface area contributed by atoms with Crippen LogP contribution >= 0.6 is 11.8 Å². The first-order valence-corrected chi connectivity index (χ1v) is 6.58. The number of nitrogens with zero attached hydrogens (tertiary/aromatic N) is 1. The molecule has 0 aromatic heterocycles. The Morgan fingerprint density at radius 3 is 2.86 bits per heavy atom. The minimum Gasteiger partial charge on any atom is -0.383 e. The van der Waals surface area contributed by atoms with Crippen molar-refractivity contribution in [3.8, 4) is 0 Å². The van der Waals surface area contributed by atoms with E-state index >= 15 is 0 Å². The fourth-order valence-corrected chi connectivity index (χ4v) is 2.88. The van der Waals surface area contributed by atoms with Gasteiger partial charge in [0.2, 0.25) is 0 Å². The lowest BCUT2D eigenvalue weighted by atomic mass is 10.2. The van der Waals surface area contributed by atoms with Crippen molar-refractivity contribution in [3.63, 3.8) is 0 Å². The molecule has 0 saturated carbocycles. The number of hydrogen-bond donors (Lipinski definition) is 1. The molecule has 1 aliphatic rings. The lowest BCUT2D eigenvalue weighted by Crippen LogP contribution is -2.43. The van der Waals surface area contributed by atoms with Crippen LogP contribution in [0.25, 0.3) is 0 Å². The maximum Gasteiger partial charge on any atom is 0.0589 e. The van der Waals surface area contributed by atoms with Crippen molar-refractivity contribution in [1.82, 2.24) is 10.2 Å². The van der Waals surface area contributed by atoms with E-state index < -0.39 is 0 Å². The summed E-state index contributed by atoms with van der Waals surface area (Å²) in [6, 6.07) is 0.685. The summed E-state index contributed by atoms with van der Waals surface area (Å²) in [6.45, 7) is 7.51. The average Bonchev–Trinajstić information content (AvgIpc) is 2.67. The van der Waals surface area contributed by atoms with E-state index in [1.807, 2.05) is 11.8 Å². The van der Waals surface area contributed by atoms with Crippen molar-refractivity contribution in [2.24, 2.45) is 0 Å². The van der Waals surface area contributed by atoms with Gasteiger partial charge >= 0.3 is 0 Å². The fraction of sp³-hybridized carbons (Fsp3) is 1.00. The minimum absolute atomic E-state index is 0.685. The number of rotatable bonds is 6. The molecule has 2 atom stereocenters. The molecule has 0 radical (unpaired) electrons. The standard InChI is InChI=1S/C10H22N2OS/c1-4-12(5-6-13-2)9-7-11-8-10(9)14-3/h9-11H,4-8H2,1-3H3. The monoisotopic (exact) mass is 218 g/mol. The van der Waals surface area contributed by atoms with E-state index in [0.717, 1.165) is 38.0 Å². The highest BCUT2D eigenvalue weighted by Gasteiger charge is 2.30. The number of methoxy groups -OCH3 is 1. The van der Waals surface area contributed by atoms with E-state index in [9.17, 15) is 0 Å². The van der Waals surface area contributed by atoms with Crippen molar-refractivity contribution >= 4 is 11.8 Å². The van der Waals surface area contributed by atoms with Crippen molar-refractivity contribution < 1.29 is 4.74 Å². The van der Waals surface area contributed by atoms with E-state index in [1.54, 1.807) is 7.11 Å². The zero-order chi connectivity index (χ0) is 10.4. The molecule has 1 N–H and O–H groups in total. The van der Waals surface area contributed by atoms with Gasteiger partial charge in [0.1, 0.15) is 0 Å². The van der Waals surface area contributed by atoms with Gasteiger partial charge in [-0.25, -0.2) is 0 Å². The molecule has 0 aromatic carbocycles. The third kappa shape index (κ3) is 3.12. The lowest BCUT2D eigenvalue weighted by Gasteiger charge is -2.30. The average molecular weight is 218 g/mol. The van der Waals surface area contributed by atoms with E-state index in [4.69, 9.17) is 4.74 Å². The summed E-state index contributed by atoms with van der Waals surface area (Å²) in [5, 5.41) is 4.20. The van der Waals surface area contributed by atoms with Crippen LogP contribution in [0, 0.1) is 0 Å². The van der Waals surface area contributed by atoms with E-state index in [-0.39, 0.29) is 0 Å². The molecule has 2 unspecified atom stereocenters. The molecule has 0 aromatic rings. The molecule has 3 nitrogen and oxygen atoms in total. The molecule has 1 rings (SSSR count). The van der Waals surface area contributed by atoms with Crippen LogP contribution in [-0.4, -0.2) is 62.3 Å². The predicted octanol–water partition coefficient (Wildman–Crippen LogP) is 0.658. The molecule has 4 heteroatoms. The molecule has 1 aliphatic heterocycles. The van der Waals surface area contributed by atoms with Crippen molar-refractivity contribution in [2.45, 2.75) is 18.2 Å². The number of likely N-dealkylation sites (N-methyl/N-ethyl adjacent to an activating group) is 1. The van der Waals surface area contributed by atoms with E-state index in [1.165, 1.54) is 0 Å². The first-order valence-electron chi connectivity index (χ1n) is 5.30. The summed E-state index contributed by atoms with van der Waals surface area (Å²) >= 11 is 1.97. The molecular weight excluding hydrogens is 196 g/mol. The Kier molecular flexibility index (Phi) is 5.86. The topological polar surface area (TPSA) is 24.5 Å². The first-order chi connectivity index (χ1) is 6.83.